The molecular weight excluding hydrogens is 338 g/mol. The Morgan fingerprint density at radius 2 is 1.56 bits per heavy atom. The first-order valence-electron chi connectivity index (χ1n) is 6.35. The molecule has 18 heavy (non-hydrogen) atoms. The smallest absolute Gasteiger partial charge is 0.403 e. The summed E-state index contributed by atoms with van der Waals surface area (Å²) in [5.74, 6) is 0. The summed E-state index contributed by atoms with van der Waals surface area (Å²) in [5.41, 5.74) is 0.849. The maximum atomic E-state index is 6.07. The second-order valence-corrected chi connectivity index (χ2v) is 7.43. The Bertz CT molecular complexity index is 390. The molecule has 4 heteroatoms. The summed E-state index contributed by atoms with van der Waals surface area (Å²) in [5, 5.41) is 0. The lowest BCUT2D eigenvalue weighted by Gasteiger charge is -2.32. The minimum atomic E-state index is -0.238. The lowest BCUT2D eigenvalue weighted by molar-refractivity contribution is 0.00578. The highest BCUT2D eigenvalue weighted by Gasteiger charge is 2.53. The van der Waals surface area contributed by atoms with Gasteiger partial charge in [0.05, 0.1) is 15.0 Å². The number of alkyl halides is 1. The average molecular weight is 358 g/mol. The van der Waals surface area contributed by atoms with Crippen LogP contribution >= 0.6 is 22.6 Å². The van der Waals surface area contributed by atoms with Crippen molar-refractivity contribution in [2.45, 2.75) is 49.1 Å². The summed E-state index contributed by atoms with van der Waals surface area (Å²) < 4.78 is 12.5. The van der Waals surface area contributed by atoms with Crippen molar-refractivity contribution >= 4 is 29.7 Å². The largest absolute Gasteiger partial charge is 0.471 e. The molecule has 2 rings (SSSR count). The monoisotopic (exact) mass is 358 g/mol. The number of halogens is 1. The average Bonchev–Trinajstić information content (AvgIpc) is 2.50. The van der Waals surface area contributed by atoms with E-state index in [0.29, 0.717) is 3.82 Å². The van der Waals surface area contributed by atoms with E-state index in [2.05, 4.69) is 74.6 Å². The van der Waals surface area contributed by atoms with E-state index in [1.807, 2.05) is 6.07 Å². The van der Waals surface area contributed by atoms with Crippen LogP contribution in [0.1, 0.15) is 33.3 Å². The first-order valence-corrected chi connectivity index (χ1v) is 7.60. The van der Waals surface area contributed by atoms with Crippen molar-refractivity contribution in [2.24, 2.45) is 0 Å². The topological polar surface area (TPSA) is 18.5 Å². The molecule has 1 fully saturated rings. The molecular formula is C14H20BIO2. The van der Waals surface area contributed by atoms with Crippen LogP contribution in [0.3, 0.4) is 0 Å². The van der Waals surface area contributed by atoms with Gasteiger partial charge >= 0.3 is 7.12 Å². The van der Waals surface area contributed by atoms with Gasteiger partial charge in [0.2, 0.25) is 0 Å². The fourth-order valence-corrected chi connectivity index (χ4v) is 2.77. The standard InChI is InChI=1S/C14H20BIO2/c1-13(2)14(3,4)18-15(17-13)12(16)10-11-8-6-5-7-9-11/h5-9,12H,10H2,1-4H3. The van der Waals surface area contributed by atoms with Crippen molar-refractivity contribution in [3.63, 3.8) is 0 Å². The van der Waals surface area contributed by atoms with Crippen LogP contribution in [-0.2, 0) is 15.7 Å². The van der Waals surface area contributed by atoms with Crippen LogP contribution in [0.5, 0.6) is 0 Å². The van der Waals surface area contributed by atoms with Crippen LogP contribution in [0.4, 0.5) is 0 Å². The molecule has 1 atom stereocenters. The quantitative estimate of drug-likeness (QED) is 0.467. The van der Waals surface area contributed by atoms with Gasteiger partial charge in [-0.3, -0.25) is 0 Å². The van der Waals surface area contributed by atoms with Crippen LogP contribution in [-0.4, -0.2) is 22.1 Å². The lowest BCUT2D eigenvalue weighted by Crippen LogP contribution is -2.41. The molecule has 0 spiro atoms. The van der Waals surface area contributed by atoms with Crippen molar-refractivity contribution in [3.8, 4) is 0 Å². The maximum absolute atomic E-state index is 6.07. The molecule has 0 amide bonds. The summed E-state index contributed by atoms with van der Waals surface area (Å²) >= 11 is 2.43. The van der Waals surface area contributed by atoms with Gasteiger partial charge < -0.3 is 9.31 Å². The first kappa shape index (κ1) is 14.3. The third-order valence-electron chi connectivity index (χ3n) is 3.84. The fraction of sp³-hybridized carbons (Fsp3) is 0.571. The highest BCUT2D eigenvalue weighted by atomic mass is 127. The highest BCUT2D eigenvalue weighted by molar-refractivity contribution is 14.1. The molecule has 0 N–H and O–H groups in total. The SMILES string of the molecule is CC1(C)OB(C(I)Cc2ccccc2)OC1(C)C. The third-order valence-corrected chi connectivity index (χ3v) is 4.87. The summed E-state index contributed by atoms with van der Waals surface area (Å²) in [6.45, 7) is 8.38. The van der Waals surface area contributed by atoms with E-state index in [4.69, 9.17) is 9.31 Å². The summed E-state index contributed by atoms with van der Waals surface area (Å²) in [6.07, 6.45) is 0.970. The molecule has 1 heterocycles. The van der Waals surface area contributed by atoms with Gasteiger partial charge in [0, 0.05) is 0 Å². The number of rotatable bonds is 3. The Balaban J connectivity index is 2.02. The minimum Gasteiger partial charge on any atom is -0.403 e. The van der Waals surface area contributed by atoms with Crippen molar-refractivity contribution in [2.75, 3.05) is 0 Å². The summed E-state index contributed by atoms with van der Waals surface area (Å²) in [6, 6.07) is 10.5. The minimum absolute atomic E-state index is 0.129. The Kier molecular flexibility index (Phi) is 4.09. The molecule has 98 valence electrons. The molecule has 0 aliphatic carbocycles. The van der Waals surface area contributed by atoms with Gasteiger partial charge in [-0.1, -0.05) is 52.9 Å². The number of hydrogen-bond donors (Lipinski definition) is 0. The Morgan fingerprint density at radius 3 is 2.06 bits per heavy atom. The molecule has 1 aromatic rings. The molecule has 0 bridgehead atoms. The zero-order valence-electron chi connectivity index (χ0n) is 11.4. The van der Waals surface area contributed by atoms with Crippen LogP contribution in [0.15, 0.2) is 30.3 Å². The van der Waals surface area contributed by atoms with E-state index in [1.165, 1.54) is 5.56 Å². The Morgan fingerprint density at radius 1 is 1.06 bits per heavy atom. The third kappa shape index (κ3) is 2.91. The molecule has 1 aromatic carbocycles. The van der Waals surface area contributed by atoms with Crippen molar-refractivity contribution in [3.05, 3.63) is 35.9 Å². The summed E-state index contributed by atoms with van der Waals surface area (Å²) in [7, 11) is -0.129. The van der Waals surface area contributed by atoms with Gasteiger partial charge in [-0.15, -0.1) is 0 Å². The molecule has 0 saturated carbocycles. The van der Waals surface area contributed by atoms with E-state index < -0.39 is 0 Å². The molecule has 1 aliphatic heterocycles. The van der Waals surface area contributed by atoms with E-state index >= 15 is 0 Å². The van der Waals surface area contributed by atoms with Gasteiger partial charge in [-0.25, -0.2) is 0 Å². The van der Waals surface area contributed by atoms with Crippen molar-refractivity contribution < 1.29 is 9.31 Å². The van der Waals surface area contributed by atoms with Gasteiger partial charge in [0.25, 0.3) is 0 Å². The van der Waals surface area contributed by atoms with Gasteiger partial charge in [-0.05, 0) is 39.7 Å². The molecule has 1 aliphatic rings. The molecule has 2 nitrogen and oxygen atoms in total. The fourth-order valence-electron chi connectivity index (χ4n) is 1.97. The van der Waals surface area contributed by atoms with Gasteiger partial charge in [-0.2, -0.15) is 0 Å². The second kappa shape index (κ2) is 5.14. The van der Waals surface area contributed by atoms with Crippen LogP contribution in [0.25, 0.3) is 0 Å². The van der Waals surface area contributed by atoms with Gasteiger partial charge in [0.15, 0.2) is 0 Å². The highest BCUT2D eigenvalue weighted by Crippen LogP contribution is 2.39. The van der Waals surface area contributed by atoms with Crippen molar-refractivity contribution in [1.29, 1.82) is 0 Å². The first-order chi connectivity index (χ1) is 8.32. The number of hydrogen-bond acceptors (Lipinski definition) is 2. The van der Waals surface area contributed by atoms with Crippen LogP contribution < -0.4 is 0 Å². The van der Waals surface area contributed by atoms with Crippen molar-refractivity contribution in [1.82, 2.24) is 0 Å². The number of benzene rings is 1. The molecule has 1 saturated heterocycles. The molecule has 0 radical (unpaired) electrons. The Labute approximate surface area is 124 Å². The second-order valence-electron chi connectivity index (χ2n) is 5.83. The zero-order valence-corrected chi connectivity index (χ0v) is 13.6. The predicted octanol–water partition coefficient (Wildman–Crippen LogP) is 3.66. The van der Waals surface area contributed by atoms with E-state index in [0.717, 1.165) is 6.42 Å². The summed E-state index contributed by atoms with van der Waals surface area (Å²) in [4.78, 5) is 0. The molecule has 0 aromatic heterocycles. The van der Waals surface area contributed by atoms with Crippen LogP contribution in [0.2, 0.25) is 0 Å². The normalized spacial score (nSPS) is 23.1. The van der Waals surface area contributed by atoms with E-state index in [9.17, 15) is 0 Å². The molecule has 1 unspecified atom stereocenters. The van der Waals surface area contributed by atoms with Gasteiger partial charge in [0.1, 0.15) is 0 Å². The zero-order chi connectivity index (χ0) is 13.4. The van der Waals surface area contributed by atoms with E-state index in [1.54, 1.807) is 0 Å². The van der Waals surface area contributed by atoms with Crippen LogP contribution in [0, 0.1) is 0 Å². The van der Waals surface area contributed by atoms with E-state index in [-0.39, 0.29) is 18.3 Å². The maximum Gasteiger partial charge on any atom is 0.471 e. The lowest BCUT2D eigenvalue weighted by atomic mass is 9.81. The Hall–Kier alpha value is -0.0651. The predicted molar refractivity (Wildman–Crippen MR) is 84.0 cm³/mol.